The zero-order chi connectivity index (χ0) is 29.1. The summed E-state index contributed by atoms with van der Waals surface area (Å²) in [5, 5.41) is 13.0. The standard InChI is InChI=1S/C28H30ClF3N6O3/c29-20-5-6-21-19(4-7-23(36-21)38-12-8-17(9-13-38)26(40)41)24(20)25(39)33-16-22(37-10-2-1-3-11-37)18-14-34-27(35-15-18)28(30,31)32/h4-7,14-15,17,22H,1-3,8-13,16H2,(H,33,39)(H,40,41). The summed E-state index contributed by atoms with van der Waals surface area (Å²) in [7, 11) is 0. The van der Waals surface area contributed by atoms with Gasteiger partial charge < -0.3 is 15.3 Å². The summed E-state index contributed by atoms with van der Waals surface area (Å²) < 4.78 is 39.1. The Kier molecular flexibility index (Phi) is 8.60. The molecule has 2 aliphatic rings. The van der Waals surface area contributed by atoms with Gasteiger partial charge in [-0.25, -0.2) is 15.0 Å². The highest BCUT2D eigenvalue weighted by molar-refractivity contribution is 6.35. The number of hydrogen-bond donors (Lipinski definition) is 2. The summed E-state index contributed by atoms with van der Waals surface area (Å²) in [5.41, 5.74) is 1.32. The van der Waals surface area contributed by atoms with Crippen LogP contribution in [0, 0.1) is 5.92 Å². The van der Waals surface area contributed by atoms with Gasteiger partial charge in [0, 0.05) is 43.0 Å². The van der Waals surface area contributed by atoms with Crippen LogP contribution in [-0.2, 0) is 11.0 Å². The number of nitrogens with one attached hydrogen (secondary N) is 1. The Labute approximate surface area is 239 Å². The van der Waals surface area contributed by atoms with Gasteiger partial charge in [0.15, 0.2) is 0 Å². The summed E-state index contributed by atoms with van der Waals surface area (Å²) in [6.45, 7) is 2.76. The van der Waals surface area contributed by atoms with E-state index in [1.54, 1.807) is 24.3 Å². The van der Waals surface area contributed by atoms with E-state index < -0.39 is 29.9 Å². The Morgan fingerprint density at radius 2 is 1.71 bits per heavy atom. The van der Waals surface area contributed by atoms with E-state index in [1.165, 1.54) is 12.4 Å². The number of pyridine rings is 1. The molecule has 1 aromatic carbocycles. The molecule has 4 heterocycles. The van der Waals surface area contributed by atoms with Crippen LogP contribution in [0.3, 0.4) is 0 Å². The number of carbonyl (C=O) groups excluding carboxylic acids is 1. The number of anilines is 1. The van der Waals surface area contributed by atoms with E-state index in [0.29, 0.717) is 48.2 Å². The van der Waals surface area contributed by atoms with Gasteiger partial charge in [0.25, 0.3) is 5.91 Å². The first-order valence-electron chi connectivity index (χ1n) is 13.6. The number of carboxylic acid groups (broad SMARTS) is 1. The molecule has 0 spiro atoms. The van der Waals surface area contributed by atoms with Crippen molar-refractivity contribution in [2.24, 2.45) is 5.92 Å². The lowest BCUT2D eigenvalue weighted by molar-refractivity contribution is -0.145. The molecule has 3 aromatic rings. The van der Waals surface area contributed by atoms with Crippen molar-refractivity contribution in [2.45, 2.75) is 44.3 Å². The molecule has 41 heavy (non-hydrogen) atoms. The molecular weight excluding hydrogens is 561 g/mol. The molecule has 0 bridgehead atoms. The van der Waals surface area contributed by atoms with Crippen molar-refractivity contribution in [1.82, 2.24) is 25.2 Å². The lowest BCUT2D eigenvalue weighted by Crippen LogP contribution is -2.41. The number of nitrogens with zero attached hydrogens (tertiary/aromatic N) is 5. The number of carbonyl (C=O) groups is 2. The van der Waals surface area contributed by atoms with Gasteiger partial charge in [0.05, 0.1) is 28.1 Å². The second-order valence-corrected chi connectivity index (χ2v) is 10.8. The Hall–Kier alpha value is -3.51. The lowest BCUT2D eigenvalue weighted by Gasteiger charge is -2.34. The Morgan fingerprint density at radius 1 is 1.02 bits per heavy atom. The van der Waals surface area contributed by atoms with Crippen LogP contribution in [0.1, 0.15) is 59.9 Å². The SMILES string of the molecule is O=C(NCC(c1cnc(C(F)(F)F)nc1)N1CCCCC1)c1c(Cl)ccc2nc(N3CCC(C(=O)O)CC3)ccc12. The molecule has 0 radical (unpaired) electrons. The number of alkyl halides is 3. The number of aromatic nitrogens is 3. The minimum atomic E-state index is -4.64. The summed E-state index contributed by atoms with van der Waals surface area (Å²) in [5.74, 6) is -2.07. The molecule has 2 saturated heterocycles. The molecule has 2 aromatic heterocycles. The number of benzene rings is 1. The molecule has 1 unspecified atom stereocenters. The molecule has 2 aliphatic heterocycles. The van der Waals surface area contributed by atoms with Crippen LogP contribution < -0.4 is 10.2 Å². The number of carboxylic acids is 1. The van der Waals surface area contributed by atoms with E-state index in [2.05, 4.69) is 20.2 Å². The molecule has 2 fully saturated rings. The van der Waals surface area contributed by atoms with Crippen molar-refractivity contribution in [3.05, 3.63) is 58.6 Å². The molecule has 0 aliphatic carbocycles. The minimum Gasteiger partial charge on any atom is -0.481 e. The molecule has 2 N–H and O–H groups in total. The molecule has 9 nitrogen and oxygen atoms in total. The molecule has 1 amide bonds. The van der Waals surface area contributed by atoms with Gasteiger partial charge in [-0.3, -0.25) is 14.5 Å². The minimum absolute atomic E-state index is 0.129. The van der Waals surface area contributed by atoms with Crippen molar-refractivity contribution >= 4 is 40.2 Å². The van der Waals surface area contributed by atoms with E-state index in [1.807, 2.05) is 4.90 Å². The zero-order valence-electron chi connectivity index (χ0n) is 22.2. The summed E-state index contributed by atoms with van der Waals surface area (Å²) in [6, 6.07) is 6.52. The van der Waals surface area contributed by atoms with Gasteiger partial charge in [-0.1, -0.05) is 18.0 Å². The second-order valence-electron chi connectivity index (χ2n) is 10.4. The summed E-state index contributed by atoms with van der Waals surface area (Å²) in [4.78, 5) is 40.7. The highest BCUT2D eigenvalue weighted by Crippen LogP contribution is 2.31. The number of rotatable bonds is 7. The number of halogens is 4. The maximum atomic E-state index is 13.5. The predicted octanol–water partition coefficient (Wildman–Crippen LogP) is 4.96. The third-order valence-corrected chi connectivity index (χ3v) is 8.11. The van der Waals surface area contributed by atoms with Crippen molar-refractivity contribution < 1.29 is 27.9 Å². The third kappa shape index (κ3) is 6.54. The molecule has 0 saturated carbocycles. The highest BCUT2D eigenvalue weighted by Gasteiger charge is 2.35. The molecule has 13 heteroatoms. The maximum Gasteiger partial charge on any atom is 0.451 e. The first-order valence-corrected chi connectivity index (χ1v) is 14.0. The molecule has 218 valence electrons. The van der Waals surface area contributed by atoms with Crippen LogP contribution in [0.4, 0.5) is 19.0 Å². The van der Waals surface area contributed by atoms with E-state index in [0.717, 1.165) is 32.4 Å². The normalized spacial score (nSPS) is 17.9. The van der Waals surface area contributed by atoms with Gasteiger partial charge >= 0.3 is 12.1 Å². The Morgan fingerprint density at radius 3 is 2.34 bits per heavy atom. The quantitative estimate of drug-likeness (QED) is 0.397. The topological polar surface area (TPSA) is 112 Å². The maximum absolute atomic E-state index is 13.5. The van der Waals surface area contributed by atoms with Gasteiger partial charge in [0.1, 0.15) is 5.82 Å². The molecule has 1 atom stereocenters. The number of piperidine rings is 2. The van der Waals surface area contributed by atoms with Crippen molar-refractivity contribution in [3.63, 3.8) is 0 Å². The number of hydrogen-bond acceptors (Lipinski definition) is 7. The average molecular weight is 591 g/mol. The number of fused-ring (bicyclic) bond motifs is 1. The second kappa shape index (κ2) is 12.2. The Bertz CT molecular complexity index is 1410. The van der Waals surface area contributed by atoms with Gasteiger partial charge in [0.2, 0.25) is 5.82 Å². The van der Waals surface area contributed by atoms with Gasteiger partial charge in [-0.05, 0) is 63.0 Å². The first-order chi connectivity index (χ1) is 19.6. The fraction of sp³-hybridized carbons (Fsp3) is 0.464. The summed E-state index contributed by atoms with van der Waals surface area (Å²) in [6.07, 6.45) is 1.75. The lowest BCUT2D eigenvalue weighted by atomic mass is 9.97. The van der Waals surface area contributed by atoms with Crippen LogP contribution in [-0.4, -0.2) is 69.6 Å². The highest BCUT2D eigenvalue weighted by atomic mass is 35.5. The van der Waals surface area contributed by atoms with Crippen LogP contribution in [0.25, 0.3) is 10.9 Å². The number of amides is 1. The smallest absolute Gasteiger partial charge is 0.451 e. The fourth-order valence-corrected chi connectivity index (χ4v) is 5.80. The van der Waals surface area contributed by atoms with Gasteiger partial charge in [-0.2, -0.15) is 13.2 Å². The van der Waals surface area contributed by atoms with Crippen molar-refractivity contribution in [1.29, 1.82) is 0 Å². The van der Waals surface area contributed by atoms with Crippen molar-refractivity contribution in [3.8, 4) is 0 Å². The number of aliphatic carboxylic acids is 1. The van der Waals surface area contributed by atoms with Crippen LogP contribution in [0.2, 0.25) is 5.02 Å². The van der Waals surface area contributed by atoms with E-state index in [-0.39, 0.29) is 23.0 Å². The predicted molar refractivity (Wildman–Crippen MR) is 147 cm³/mol. The van der Waals surface area contributed by atoms with E-state index in [9.17, 15) is 27.9 Å². The van der Waals surface area contributed by atoms with Crippen LogP contribution in [0.15, 0.2) is 36.7 Å². The molecule has 5 rings (SSSR count). The first kappa shape index (κ1) is 29.0. The Balaban J connectivity index is 1.35. The van der Waals surface area contributed by atoms with E-state index in [4.69, 9.17) is 16.6 Å². The zero-order valence-corrected chi connectivity index (χ0v) is 23.0. The van der Waals surface area contributed by atoms with Gasteiger partial charge in [-0.15, -0.1) is 0 Å². The largest absolute Gasteiger partial charge is 0.481 e. The third-order valence-electron chi connectivity index (χ3n) is 7.80. The van der Waals surface area contributed by atoms with Crippen LogP contribution in [0.5, 0.6) is 0 Å². The number of likely N-dealkylation sites (tertiary alicyclic amines) is 1. The monoisotopic (exact) mass is 590 g/mol. The summed E-state index contributed by atoms with van der Waals surface area (Å²) >= 11 is 6.48. The van der Waals surface area contributed by atoms with Crippen LogP contribution >= 0.6 is 11.6 Å². The van der Waals surface area contributed by atoms with Crippen molar-refractivity contribution in [2.75, 3.05) is 37.6 Å². The average Bonchev–Trinajstić information content (AvgIpc) is 2.97. The van der Waals surface area contributed by atoms with E-state index >= 15 is 0 Å². The fourth-order valence-electron chi connectivity index (χ4n) is 5.55. The molecular formula is C28H30ClF3N6O3.